The fraction of sp³-hybridized carbons (Fsp3) is 0.269. The van der Waals surface area contributed by atoms with Gasteiger partial charge < -0.3 is 19.5 Å². The lowest BCUT2D eigenvalue weighted by Gasteiger charge is -2.15. The van der Waals surface area contributed by atoms with Crippen LogP contribution in [0, 0.1) is 20.8 Å². The van der Waals surface area contributed by atoms with Crippen molar-refractivity contribution in [3.05, 3.63) is 74.5 Å². The molecule has 8 heteroatoms. The van der Waals surface area contributed by atoms with Crippen molar-refractivity contribution in [3.63, 3.8) is 0 Å². The van der Waals surface area contributed by atoms with Gasteiger partial charge in [0, 0.05) is 22.6 Å². The number of rotatable bonds is 9. The van der Waals surface area contributed by atoms with Crippen LogP contribution in [-0.2, 0) is 16.0 Å². The van der Waals surface area contributed by atoms with E-state index in [4.69, 9.17) is 14.2 Å². The Bertz CT molecular complexity index is 1220. The molecule has 0 saturated carbocycles. The molecule has 1 heterocycles. The minimum Gasteiger partial charge on any atom is -0.493 e. The Labute approximate surface area is 202 Å². The van der Waals surface area contributed by atoms with Gasteiger partial charge >= 0.3 is 5.97 Å². The highest BCUT2D eigenvalue weighted by Crippen LogP contribution is 2.34. The molecule has 1 aromatic heterocycles. The van der Waals surface area contributed by atoms with Gasteiger partial charge in [0.1, 0.15) is 0 Å². The summed E-state index contributed by atoms with van der Waals surface area (Å²) in [6, 6.07) is 10.4. The molecule has 3 rings (SSSR count). The number of carbonyl (C=O) groups is 3. The van der Waals surface area contributed by atoms with E-state index in [-0.39, 0.29) is 29.4 Å². The molecule has 0 atom stereocenters. The second kappa shape index (κ2) is 11.0. The Hall–Kier alpha value is -3.65. The number of carbonyl (C=O) groups excluding carboxylic acids is 3. The van der Waals surface area contributed by atoms with E-state index in [1.807, 2.05) is 44.4 Å². The number of aryl methyl sites for hydroxylation is 3. The van der Waals surface area contributed by atoms with Crippen molar-refractivity contribution in [1.29, 1.82) is 0 Å². The average molecular weight is 482 g/mol. The first-order chi connectivity index (χ1) is 16.2. The van der Waals surface area contributed by atoms with Crippen LogP contribution in [-0.4, -0.2) is 38.5 Å². The maximum atomic E-state index is 13.0. The number of hydrogen-bond donors (Lipinski definition) is 1. The number of ketones is 1. The van der Waals surface area contributed by atoms with Crippen LogP contribution < -0.4 is 14.8 Å². The molecule has 0 aliphatic carbocycles. The lowest BCUT2D eigenvalue weighted by Crippen LogP contribution is -2.19. The van der Waals surface area contributed by atoms with Gasteiger partial charge in [0.2, 0.25) is 11.7 Å². The van der Waals surface area contributed by atoms with Gasteiger partial charge in [-0.15, -0.1) is 11.3 Å². The lowest BCUT2D eigenvalue weighted by molar-refractivity contribution is -0.115. The van der Waals surface area contributed by atoms with E-state index >= 15 is 0 Å². The van der Waals surface area contributed by atoms with E-state index in [1.165, 1.54) is 37.7 Å². The predicted molar refractivity (Wildman–Crippen MR) is 131 cm³/mol. The standard InChI is InChI=1S/C26H27NO6S/c1-15-9-17(3)19(10-16(15)2)22(28)14-33-26(30)20-12-23(31-4)24(32-5)13-21(20)27-25(29)11-18-7-6-8-34-18/h6-10,12-13H,11,14H2,1-5H3,(H,27,29). The summed E-state index contributed by atoms with van der Waals surface area (Å²) in [6.45, 7) is 5.31. The molecule has 0 bridgehead atoms. The van der Waals surface area contributed by atoms with E-state index in [0.717, 1.165) is 21.6 Å². The monoisotopic (exact) mass is 481 g/mol. The number of ether oxygens (including phenoxy) is 3. The molecular formula is C26H27NO6S. The molecule has 0 aliphatic heterocycles. The minimum absolute atomic E-state index is 0.0572. The van der Waals surface area contributed by atoms with Crippen LogP contribution in [0.3, 0.4) is 0 Å². The number of Topliss-reactive ketones (excluding diaryl/α,β-unsaturated/α-hetero) is 1. The largest absolute Gasteiger partial charge is 0.493 e. The van der Waals surface area contributed by atoms with Gasteiger partial charge in [-0.2, -0.15) is 0 Å². The van der Waals surface area contributed by atoms with Crippen LogP contribution in [0.4, 0.5) is 5.69 Å². The molecule has 1 amide bonds. The molecule has 0 radical (unpaired) electrons. The number of hydrogen-bond acceptors (Lipinski definition) is 7. The molecule has 34 heavy (non-hydrogen) atoms. The molecule has 1 N–H and O–H groups in total. The molecule has 178 valence electrons. The van der Waals surface area contributed by atoms with Gasteiger partial charge in [-0.05, 0) is 55.0 Å². The van der Waals surface area contributed by atoms with Crippen molar-refractivity contribution in [2.24, 2.45) is 0 Å². The van der Waals surface area contributed by atoms with E-state index in [2.05, 4.69) is 5.32 Å². The number of nitrogens with one attached hydrogen (secondary N) is 1. The molecule has 0 unspecified atom stereocenters. The predicted octanol–water partition coefficient (Wildman–Crippen LogP) is 4.91. The maximum Gasteiger partial charge on any atom is 0.340 e. The Morgan fingerprint density at radius 3 is 2.21 bits per heavy atom. The van der Waals surface area contributed by atoms with Crippen LogP contribution in [0.1, 0.15) is 42.3 Å². The highest BCUT2D eigenvalue weighted by molar-refractivity contribution is 7.10. The Morgan fingerprint density at radius 2 is 1.56 bits per heavy atom. The highest BCUT2D eigenvalue weighted by atomic mass is 32.1. The first kappa shape index (κ1) is 25.0. The number of esters is 1. The zero-order valence-corrected chi connectivity index (χ0v) is 20.6. The number of amides is 1. The molecular weight excluding hydrogens is 454 g/mol. The van der Waals surface area contributed by atoms with Gasteiger partial charge in [-0.25, -0.2) is 4.79 Å². The minimum atomic E-state index is -0.762. The van der Waals surface area contributed by atoms with Crippen molar-refractivity contribution in [2.45, 2.75) is 27.2 Å². The fourth-order valence-corrected chi connectivity index (χ4v) is 4.17. The fourth-order valence-electron chi connectivity index (χ4n) is 3.46. The van der Waals surface area contributed by atoms with Crippen LogP contribution in [0.15, 0.2) is 41.8 Å². The van der Waals surface area contributed by atoms with Crippen LogP contribution in [0.25, 0.3) is 0 Å². The third-order valence-electron chi connectivity index (χ3n) is 5.41. The van der Waals surface area contributed by atoms with Crippen molar-refractivity contribution >= 4 is 34.7 Å². The van der Waals surface area contributed by atoms with E-state index in [0.29, 0.717) is 17.1 Å². The second-order valence-electron chi connectivity index (χ2n) is 7.81. The first-order valence-electron chi connectivity index (χ1n) is 10.6. The zero-order chi connectivity index (χ0) is 24.8. The Balaban J connectivity index is 1.82. The number of benzene rings is 2. The second-order valence-corrected chi connectivity index (χ2v) is 8.84. The molecule has 0 saturated heterocycles. The highest BCUT2D eigenvalue weighted by Gasteiger charge is 2.22. The van der Waals surface area contributed by atoms with Crippen LogP contribution in [0.2, 0.25) is 0 Å². The topological polar surface area (TPSA) is 90.9 Å². The Morgan fingerprint density at radius 1 is 0.882 bits per heavy atom. The van der Waals surface area contributed by atoms with Crippen molar-refractivity contribution in [1.82, 2.24) is 0 Å². The summed E-state index contributed by atoms with van der Waals surface area (Å²) < 4.78 is 15.9. The summed E-state index contributed by atoms with van der Waals surface area (Å²) in [4.78, 5) is 39.2. The van der Waals surface area contributed by atoms with E-state index in [9.17, 15) is 14.4 Å². The quantitative estimate of drug-likeness (QED) is 0.345. The number of methoxy groups -OCH3 is 2. The maximum absolute atomic E-state index is 13.0. The summed E-state index contributed by atoms with van der Waals surface area (Å²) >= 11 is 1.46. The number of thiophene rings is 1. The van der Waals surface area contributed by atoms with Crippen molar-refractivity contribution in [2.75, 3.05) is 26.1 Å². The van der Waals surface area contributed by atoms with Gasteiger partial charge in [0.25, 0.3) is 0 Å². The summed E-state index contributed by atoms with van der Waals surface area (Å²) in [5.74, 6) is -0.736. The summed E-state index contributed by atoms with van der Waals surface area (Å²) in [7, 11) is 2.89. The van der Waals surface area contributed by atoms with Crippen LogP contribution in [0.5, 0.6) is 11.5 Å². The smallest absolute Gasteiger partial charge is 0.340 e. The van der Waals surface area contributed by atoms with Crippen molar-refractivity contribution in [3.8, 4) is 11.5 Å². The van der Waals surface area contributed by atoms with E-state index in [1.54, 1.807) is 6.07 Å². The van der Waals surface area contributed by atoms with E-state index < -0.39 is 12.6 Å². The first-order valence-corrected chi connectivity index (χ1v) is 11.5. The third kappa shape index (κ3) is 5.82. The number of anilines is 1. The summed E-state index contributed by atoms with van der Waals surface area (Å²) in [6.07, 6.45) is 0.158. The van der Waals surface area contributed by atoms with Gasteiger partial charge in [-0.1, -0.05) is 12.1 Å². The summed E-state index contributed by atoms with van der Waals surface area (Å²) in [5, 5.41) is 4.63. The van der Waals surface area contributed by atoms with Crippen LogP contribution >= 0.6 is 11.3 Å². The summed E-state index contributed by atoms with van der Waals surface area (Å²) in [5.41, 5.74) is 3.65. The lowest BCUT2D eigenvalue weighted by atomic mass is 9.98. The zero-order valence-electron chi connectivity index (χ0n) is 19.8. The van der Waals surface area contributed by atoms with Gasteiger partial charge in [0.15, 0.2) is 18.1 Å². The Kier molecular flexibility index (Phi) is 8.07. The molecule has 0 spiro atoms. The molecule has 0 aliphatic rings. The molecule has 2 aromatic carbocycles. The molecule has 3 aromatic rings. The van der Waals surface area contributed by atoms with Crippen molar-refractivity contribution < 1.29 is 28.6 Å². The van der Waals surface area contributed by atoms with Gasteiger partial charge in [0.05, 0.1) is 31.9 Å². The molecule has 7 nitrogen and oxygen atoms in total. The SMILES string of the molecule is COc1cc(NC(=O)Cc2cccs2)c(C(=O)OCC(=O)c2cc(C)c(C)cc2C)cc1OC. The third-order valence-corrected chi connectivity index (χ3v) is 6.28. The van der Waals surface area contributed by atoms with Gasteiger partial charge in [-0.3, -0.25) is 9.59 Å². The molecule has 0 fully saturated rings. The normalized spacial score (nSPS) is 10.5. The average Bonchev–Trinajstić information content (AvgIpc) is 3.32.